The second-order valence-corrected chi connectivity index (χ2v) is 9.38. The number of para-hydroxylation sites is 1. The number of urea groups is 1. The summed E-state index contributed by atoms with van der Waals surface area (Å²) >= 11 is 0. The molecule has 192 valence electrons. The van der Waals surface area contributed by atoms with Crippen molar-refractivity contribution in [3.8, 4) is 17.3 Å². The van der Waals surface area contributed by atoms with Gasteiger partial charge in [-0.15, -0.1) is 0 Å². The van der Waals surface area contributed by atoms with Crippen LogP contribution in [0.2, 0.25) is 0 Å². The van der Waals surface area contributed by atoms with Gasteiger partial charge in [-0.2, -0.15) is 5.10 Å². The predicted octanol–water partition coefficient (Wildman–Crippen LogP) is 6.03. The van der Waals surface area contributed by atoms with Gasteiger partial charge in [-0.25, -0.2) is 13.9 Å². The van der Waals surface area contributed by atoms with E-state index < -0.39 is 0 Å². The summed E-state index contributed by atoms with van der Waals surface area (Å²) in [7, 11) is 0. The Balaban J connectivity index is 1.77. The second-order valence-electron chi connectivity index (χ2n) is 9.38. The summed E-state index contributed by atoms with van der Waals surface area (Å²) in [5.41, 5.74) is 2.44. The van der Waals surface area contributed by atoms with Gasteiger partial charge in [0.05, 0.1) is 29.6 Å². The lowest BCUT2D eigenvalue weighted by atomic mass is 10.1. The van der Waals surface area contributed by atoms with Crippen LogP contribution >= 0.6 is 0 Å². The van der Waals surface area contributed by atoms with Crippen LogP contribution in [-0.2, 0) is 11.3 Å². The molecule has 3 aromatic rings. The van der Waals surface area contributed by atoms with Crippen LogP contribution in [-0.4, -0.2) is 46.5 Å². The zero-order chi connectivity index (χ0) is 25.5. The Morgan fingerprint density at radius 3 is 2.72 bits per heavy atom. The first-order valence-corrected chi connectivity index (χ1v) is 12.7. The van der Waals surface area contributed by atoms with Crippen LogP contribution in [0.15, 0.2) is 54.6 Å². The largest absolute Gasteiger partial charge is 0.438 e. The molecule has 0 radical (unpaired) electrons. The first-order valence-electron chi connectivity index (χ1n) is 12.7. The number of hydrogen-bond acceptors (Lipinski definition) is 4. The molecule has 1 aliphatic heterocycles. The summed E-state index contributed by atoms with van der Waals surface area (Å²) < 4.78 is 27.9. The van der Waals surface area contributed by atoms with Gasteiger partial charge in [0, 0.05) is 25.8 Å². The third kappa shape index (κ3) is 6.23. The molecule has 2 aromatic carbocycles. The normalized spacial score (nSPS) is 15.3. The van der Waals surface area contributed by atoms with E-state index in [4.69, 9.17) is 14.6 Å². The van der Waals surface area contributed by atoms with Crippen molar-refractivity contribution in [1.29, 1.82) is 0 Å². The monoisotopic (exact) mass is 494 g/mol. The highest BCUT2D eigenvalue weighted by Crippen LogP contribution is 2.35. The summed E-state index contributed by atoms with van der Waals surface area (Å²) in [4.78, 5) is 15.0. The molecule has 7 nitrogen and oxygen atoms in total. The molecular formula is C28H35FN4O3. The van der Waals surface area contributed by atoms with Crippen molar-refractivity contribution < 1.29 is 18.7 Å². The molecule has 0 saturated carbocycles. The Kier molecular flexibility index (Phi) is 8.59. The summed E-state index contributed by atoms with van der Waals surface area (Å²) in [5, 5.41) is 7.92. The summed E-state index contributed by atoms with van der Waals surface area (Å²) in [6.07, 6.45) is 2.75. The fourth-order valence-corrected chi connectivity index (χ4v) is 4.34. The average molecular weight is 495 g/mol. The van der Waals surface area contributed by atoms with Crippen molar-refractivity contribution in [3.05, 3.63) is 71.7 Å². The third-order valence-electron chi connectivity index (χ3n) is 6.14. The quantitative estimate of drug-likeness (QED) is 0.374. The summed E-state index contributed by atoms with van der Waals surface area (Å²) in [6.45, 7) is 8.23. The molecule has 0 aliphatic carbocycles. The van der Waals surface area contributed by atoms with E-state index >= 15 is 0 Å². The van der Waals surface area contributed by atoms with Gasteiger partial charge in [0.2, 0.25) is 5.88 Å². The number of nitrogens with one attached hydrogen (secondary N) is 1. The van der Waals surface area contributed by atoms with Crippen LogP contribution in [0.3, 0.4) is 0 Å². The van der Waals surface area contributed by atoms with Crippen molar-refractivity contribution in [1.82, 2.24) is 20.0 Å². The first-order chi connectivity index (χ1) is 17.5. The number of ether oxygens (including phenoxy) is 2. The minimum absolute atomic E-state index is 0.00312. The zero-order valence-electron chi connectivity index (χ0n) is 21.2. The fourth-order valence-electron chi connectivity index (χ4n) is 4.34. The van der Waals surface area contributed by atoms with Gasteiger partial charge in [0.25, 0.3) is 0 Å². The molecule has 8 heteroatoms. The average Bonchev–Trinajstić information content (AvgIpc) is 3.51. The van der Waals surface area contributed by atoms with E-state index in [1.165, 1.54) is 12.1 Å². The number of carbonyl (C=O) groups is 1. The Hall–Kier alpha value is -3.39. The number of hydrogen-bond donors (Lipinski definition) is 1. The predicted molar refractivity (Wildman–Crippen MR) is 137 cm³/mol. The van der Waals surface area contributed by atoms with Gasteiger partial charge in [0.15, 0.2) is 0 Å². The smallest absolute Gasteiger partial charge is 0.317 e. The highest BCUT2D eigenvalue weighted by Gasteiger charge is 2.29. The van der Waals surface area contributed by atoms with Crippen LogP contribution < -0.4 is 10.1 Å². The second kappa shape index (κ2) is 12.0. The van der Waals surface area contributed by atoms with Crippen LogP contribution in [0.5, 0.6) is 11.6 Å². The number of carbonyl (C=O) groups excluding carboxylic acids is 1. The Morgan fingerprint density at radius 1 is 1.25 bits per heavy atom. The third-order valence-corrected chi connectivity index (χ3v) is 6.14. The SMILES string of the molecule is CCCNC(=O)N(Cc1c(C(C)C)nn(-c2ccccc2)c1Oc1cccc(F)c1)C[C@H]1CCCO1. The molecular weight excluding hydrogens is 459 g/mol. The van der Waals surface area contributed by atoms with Crippen LogP contribution in [0.4, 0.5) is 9.18 Å². The molecule has 0 unspecified atom stereocenters. The first kappa shape index (κ1) is 25.7. The van der Waals surface area contributed by atoms with Crippen molar-refractivity contribution in [2.24, 2.45) is 0 Å². The van der Waals surface area contributed by atoms with Crippen molar-refractivity contribution in [2.45, 2.75) is 58.6 Å². The molecule has 1 aromatic heterocycles. The Labute approximate surface area is 212 Å². The summed E-state index contributed by atoms with van der Waals surface area (Å²) in [5.74, 6) is 0.520. The van der Waals surface area contributed by atoms with E-state index in [0.29, 0.717) is 37.9 Å². The molecule has 1 fully saturated rings. The zero-order valence-corrected chi connectivity index (χ0v) is 21.2. The van der Waals surface area contributed by atoms with E-state index in [1.54, 1.807) is 21.7 Å². The number of aromatic nitrogens is 2. The maximum absolute atomic E-state index is 14.0. The van der Waals surface area contributed by atoms with E-state index in [-0.39, 0.29) is 23.9 Å². The lowest BCUT2D eigenvalue weighted by molar-refractivity contribution is 0.0792. The maximum Gasteiger partial charge on any atom is 0.317 e. The van der Waals surface area contributed by atoms with Gasteiger partial charge in [0.1, 0.15) is 11.6 Å². The molecule has 1 aliphatic rings. The fraction of sp³-hybridized carbons (Fsp3) is 0.429. The van der Waals surface area contributed by atoms with Gasteiger partial charge < -0.3 is 19.7 Å². The van der Waals surface area contributed by atoms with Gasteiger partial charge in [-0.05, 0) is 49.4 Å². The topological polar surface area (TPSA) is 68.6 Å². The summed E-state index contributed by atoms with van der Waals surface area (Å²) in [6, 6.07) is 15.6. The maximum atomic E-state index is 14.0. The van der Waals surface area contributed by atoms with Gasteiger partial charge >= 0.3 is 6.03 Å². The minimum Gasteiger partial charge on any atom is -0.438 e. The molecule has 36 heavy (non-hydrogen) atoms. The Morgan fingerprint density at radius 2 is 2.06 bits per heavy atom. The van der Waals surface area contributed by atoms with E-state index in [9.17, 15) is 9.18 Å². The van der Waals surface area contributed by atoms with E-state index in [0.717, 1.165) is 36.2 Å². The number of nitrogens with zero attached hydrogens (tertiary/aromatic N) is 3. The van der Waals surface area contributed by atoms with E-state index in [2.05, 4.69) is 19.2 Å². The van der Waals surface area contributed by atoms with Crippen molar-refractivity contribution >= 4 is 6.03 Å². The van der Waals surface area contributed by atoms with Crippen LogP contribution in [0, 0.1) is 5.82 Å². The molecule has 1 atom stereocenters. The van der Waals surface area contributed by atoms with Crippen molar-refractivity contribution in [3.63, 3.8) is 0 Å². The van der Waals surface area contributed by atoms with Crippen LogP contribution in [0.25, 0.3) is 5.69 Å². The van der Waals surface area contributed by atoms with Crippen LogP contribution in [0.1, 0.15) is 57.2 Å². The van der Waals surface area contributed by atoms with Crippen molar-refractivity contribution in [2.75, 3.05) is 19.7 Å². The molecule has 0 bridgehead atoms. The number of rotatable bonds is 10. The minimum atomic E-state index is -0.386. The molecule has 1 saturated heterocycles. The molecule has 2 amide bonds. The highest BCUT2D eigenvalue weighted by molar-refractivity contribution is 5.74. The number of amides is 2. The highest BCUT2D eigenvalue weighted by atomic mass is 19.1. The molecule has 4 rings (SSSR count). The standard InChI is InChI=1S/C28H35FN4O3/c1-4-15-30-28(34)32(18-24-14-9-16-35-24)19-25-26(20(2)3)31-33(22-11-6-5-7-12-22)27(25)36-23-13-8-10-21(29)17-23/h5-8,10-13,17,20,24H,4,9,14-16,18-19H2,1-3H3,(H,30,34)/t24-/m1/s1. The molecule has 1 N–H and O–H groups in total. The number of halogens is 1. The molecule has 2 heterocycles. The van der Waals surface area contributed by atoms with Gasteiger partial charge in [-0.3, -0.25) is 0 Å². The number of benzene rings is 2. The lowest BCUT2D eigenvalue weighted by Crippen LogP contribution is -2.43. The van der Waals surface area contributed by atoms with E-state index in [1.807, 2.05) is 37.3 Å². The Bertz CT molecular complexity index is 1140. The van der Waals surface area contributed by atoms with Gasteiger partial charge in [-0.1, -0.05) is 45.0 Å². The molecule has 0 spiro atoms. The lowest BCUT2D eigenvalue weighted by Gasteiger charge is -2.26.